The maximum atomic E-state index is 11.8. The zero-order chi connectivity index (χ0) is 14.4. The largest absolute Gasteiger partial charge is 0.481 e. The van der Waals surface area contributed by atoms with E-state index in [0.29, 0.717) is 5.02 Å². The van der Waals surface area contributed by atoms with E-state index < -0.39 is 12.0 Å². The monoisotopic (exact) mass is 284 g/mol. The van der Waals surface area contributed by atoms with Crippen LogP contribution in [-0.2, 0) is 9.59 Å². The van der Waals surface area contributed by atoms with Gasteiger partial charge in [-0.25, -0.2) is 0 Å². The zero-order valence-corrected chi connectivity index (χ0v) is 11.4. The number of carboxylic acids is 1. The number of aliphatic carboxylic acids is 1. The Kier molecular flexibility index (Phi) is 5.79. The van der Waals surface area contributed by atoms with Gasteiger partial charge < -0.3 is 16.2 Å². The van der Waals surface area contributed by atoms with Crippen molar-refractivity contribution >= 4 is 23.5 Å². The third-order valence-electron chi connectivity index (χ3n) is 2.73. The van der Waals surface area contributed by atoms with E-state index in [1.807, 2.05) is 19.1 Å². The first-order valence-electron chi connectivity index (χ1n) is 5.93. The molecule has 0 aliphatic heterocycles. The molecule has 1 aromatic carbocycles. The molecule has 0 aromatic heterocycles. The van der Waals surface area contributed by atoms with Crippen LogP contribution in [0.5, 0.6) is 0 Å². The van der Waals surface area contributed by atoms with Gasteiger partial charge in [0, 0.05) is 11.4 Å². The van der Waals surface area contributed by atoms with Gasteiger partial charge in [0.25, 0.3) is 0 Å². The SMILES string of the molecule is C[C@@H](NC(=O)C(N)CCC(=O)O)c1ccc(Cl)cc1. The zero-order valence-electron chi connectivity index (χ0n) is 10.6. The van der Waals surface area contributed by atoms with Crippen LogP contribution in [0.2, 0.25) is 5.02 Å². The Bertz CT molecular complexity index is 448. The highest BCUT2D eigenvalue weighted by Crippen LogP contribution is 2.16. The average Bonchev–Trinajstić information content (AvgIpc) is 2.36. The van der Waals surface area contributed by atoms with Crippen molar-refractivity contribution in [3.8, 4) is 0 Å². The molecule has 19 heavy (non-hydrogen) atoms. The summed E-state index contributed by atoms with van der Waals surface area (Å²) in [6.45, 7) is 1.82. The number of halogens is 1. The summed E-state index contributed by atoms with van der Waals surface area (Å²) < 4.78 is 0. The Balaban J connectivity index is 2.51. The summed E-state index contributed by atoms with van der Waals surface area (Å²) in [7, 11) is 0. The van der Waals surface area contributed by atoms with Crippen LogP contribution in [0.15, 0.2) is 24.3 Å². The van der Waals surface area contributed by atoms with Crippen molar-refractivity contribution in [1.29, 1.82) is 0 Å². The van der Waals surface area contributed by atoms with E-state index in [2.05, 4.69) is 5.32 Å². The predicted octanol–water partition coefficient (Wildman–Crippen LogP) is 1.71. The lowest BCUT2D eigenvalue weighted by Gasteiger charge is -2.17. The average molecular weight is 285 g/mol. The predicted molar refractivity (Wildman–Crippen MR) is 72.9 cm³/mol. The first-order chi connectivity index (χ1) is 8.90. The van der Waals surface area contributed by atoms with E-state index in [1.54, 1.807) is 12.1 Å². The van der Waals surface area contributed by atoms with Gasteiger partial charge in [0.05, 0.1) is 12.1 Å². The number of nitrogens with one attached hydrogen (secondary N) is 1. The van der Waals surface area contributed by atoms with Crippen molar-refractivity contribution in [3.63, 3.8) is 0 Å². The Morgan fingerprint density at radius 1 is 1.37 bits per heavy atom. The number of nitrogens with two attached hydrogens (primary N) is 1. The lowest BCUT2D eigenvalue weighted by molar-refractivity contribution is -0.137. The highest BCUT2D eigenvalue weighted by Gasteiger charge is 2.17. The van der Waals surface area contributed by atoms with Gasteiger partial charge in [0.1, 0.15) is 0 Å². The van der Waals surface area contributed by atoms with Gasteiger partial charge in [-0.05, 0) is 31.0 Å². The van der Waals surface area contributed by atoms with E-state index in [9.17, 15) is 9.59 Å². The number of rotatable bonds is 6. The van der Waals surface area contributed by atoms with Crippen LogP contribution in [-0.4, -0.2) is 23.0 Å². The van der Waals surface area contributed by atoms with Crippen LogP contribution in [0.3, 0.4) is 0 Å². The van der Waals surface area contributed by atoms with Crippen LogP contribution >= 0.6 is 11.6 Å². The van der Waals surface area contributed by atoms with E-state index in [0.717, 1.165) is 5.56 Å². The molecule has 0 spiro atoms. The van der Waals surface area contributed by atoms with Crippen molar-refractivity contribution in [3.05, 3.63) is 34.9 Å². The third kappa shape index (κ3) is 5.28. The van der Waals surface area contributed by atoms with E-state index >= 15 is 0 Å². The fourth-order valence-corrected chi connectivity index (χ4v) is 1.69. The second kappa shape index (κ2) is 7.11. The summed E-state index contributed by atoms with van der Waals surface area (Å²) >= 11 is 5.78. The van der Waals surface area contributed by atoms with E-state index in [1.165, 1.54) is 0 Å². The molecule has 0 saturated heterocycles. The maximum absolute atomic E-state index is 11.8. The number of amides is 1. The fourth-order valence-electron chi connectivity index (χ4n) is 1.57. The minimum atomic E-state index is -0.964. The molecule has 0 aliphatic rings. The molecule has 0 heterocycles. The van der Waals surface area contributed by atoms with Crippen molar-refractivity contribution in [2.75, 3.05) is 0 Å². The highest BCUT2D eigenvalue weighted by atomic mass is 35.5. The first-order valence-corrected chi connectivity index (χ1v) is 6.31. The topological polar surface area (TPSA) is 92.4 Å². The normalized spacial score (nSPS) is 13.6. The van der Waals surface area contributed by atoms with Crippen molar-refractivity contribution in [2.45, 2.75) is 31.8 Å². The third-order valence-corrected chi connectivity index (χ3v) is 2.99. The van der Waals surface area contributed by atoms with Crippen LogP contribution in [0.25, 0.3) is 0 Å². The summed E-state index contributed by atoms with van der Waals surface area (Å²) in [6, 6.07) is 6.09. The molecule has 2 atom stereocenters. The summed E-state index contributed by atoms with van der Waals surface area (Å²) in [5, 5.41) is 11.9. The van der Waals surface area contributed by atoms with Gasteiger partial charge in [-0.2, -0.15) is 0 Å². The number of hydrogen-bond acceptors (Lipinski definition) is 3. The molecule has 0 radical (unpaired) electrons. The molecular weight excluding hydrogens is 268 g/mol. The van der Waals surface area contributed by atoms with Crippen molar-refractivity contribution in [2.24, 2.45) is 5.73 Å². The lowest BCUT2D eigenvalue weighted by Crippen LogP contribution is -2.41. The van der Waals surface area contributed by atoms with E-state index in [4.69, 9.17) is 22.4 Å². The van der Waals surface area contributed by atoms with Gasteiger partial charge >= 0.3 is 5.97 Å². The van der Waals surface area contributed by atoms with Gasteiger partial charge in [-0.15, -0.1) is 0 Å². The smallest absolute Gasteiger partial charge is 0.303 e. The summed E-state index contributed by atoms with van der Waals surface area (Å²) in [5.41, 5.74) is 6.53. The fraction of sp³-hybridized carbons (Fsp3) is 0.385. The van der Waals surface area contributed by atoms with Gasteiger partial charge in [-0.3, -0.25) is 9.59 Å². The Hall–Kier alpha value is -1.59. The quantitative estimate of drug-likeness (QED) is 0.741. The standard InChI is InChI=1S/C13H17ClN2O3/c1-8(9-2-4-10(14)5-3-9)16-13(19)11(15)6-7-12(17)18/h2-5,8,11H,6-7,15H2,1H3,(H,16,19)(H,17,18)/t8-,11?/m1/s1. The molecule has 6 heteroatoms. The van der Waals surface area contributed by atoms with Crippen LogP contribution in [0, 0.1) is 0 Å². The molecule has 0 aliphatic carbocycles. The minimum Gasteiger partial charge on any atom is -0.481 e. The molecule has 5 nitrogen and oxygen atoms in total. The molecule has 104 valence electrons. The first kappa shape index (κ1) is 15.5. The van der Waals surface area contributed by atoms with Gasteiger partial charge in [0.2, 0.25) is 5.91 Å². The second-order valence-corrected chi connectivity index (χ2v) is 4.76. The summed E-state index contributed by atoms with van der Waals surface area (Å²) in [6.07, 6.45) is -0.00157. The number of carbonyl (C=O) groups is 2. The number of carbonyl (C=O) groups excluding carboxylic acids is 1. The van der Waals surface area contributed by atoms with Crippen LogP contribution < -0.4 is 11.1 Å². The molecule has 0 bridgehead atoms. The Morgan fingerprint density at radius 2 is 1.95 bits per heavy atom. The van der Waals surface area contributed by atoms with Gasteiger partial charge in [0.15, 0.2) is 0 Å². The Morgan fingerprint density at radius 3 is 2.47 bits per heavy atom. The molecule has 1 amide bonds. The molecule has 0 saturated carbocycles. The number of carboxylic acid groups (broad SMARTS) is 1. The van der Waals surface area contributed by atoms with Crippen molar-refractivity contribution in [1.82, 2.24) is 5.32 Å². The summed E-state index contributed by atoms with van der Waals surface area (Å²) in [4.78, 5) is 22.2. The molecule has 1 aromatic rings. The van der Waals surface area contributed by atoms with Crippen molar-refractivity contribution < 1.29 is 14.7 Å². The van der Waals surface area contributed by atoms with Gasteiger partial charge in [-0.1, -0.05) is 23.7 Å². The minimum absolute atomic E-state index is 0.120. The Labute approximate surface area is 116 Å². The molecule has 1 unspecified atom stereocenters. The van der Waals surface area contributed by atoms with Crippen LogP contribution in [0.1, 0.15) is 31.4 Å². The molecule has 1 rings (SSSR count). The number of hydrogen-bond donors (Lipinski definition) is 3. The second-order valence-electron chi connectivity index (χ2n) is 4.32. The molecule has 0 fully saturated rings. The highest BCUT2D eigenvalue weighted by molar-refractivity contribution is 6.30. The number of benzene rings is 1. The molecular formula is C13H17ClN2O3. The lowest BCUT2D eigenvalue weighted by atomic mass is 10.1. The maximum Gasteiger partial charge on any atom is 0.303 e. The summed E-state index contributed by atoms with van der Waals surface area (Å²) in [5.74, 6) is -1.32. The van der Waals surface area contributed by atoms with E-state index in [-0.39, 0.29) is 24.8 Å². The molecule has 4 N–H and O–H groups in total. The van der Waals surface area contributed by atoms with Crippen LogP contribution in [0.4, 0.5) is 0 Å².